The zero-order chi connectivity index (χ0) is 9.84. The Balaban J connectivity index is 2.62. The van der Waals surface area contributed by atoms with Gasteiger partial charge in [0.2, 0.25) is 0 Å². The van der Waals surface area contributed by atoms with Gasteiger partial charge < -0.3 is 4.74 Å². The van der Waals surface area contributed by atoms with E-state index in [2.05, 4.69) is 0 Å². The first-order chi connectivity index (χ1) is 6.15. The molecule has 1 rings (SSSR count). The Morgan fingerprint density at radius 2 is 2.15 bits per heavy atom. The van der Waals surface area contributed by atoms with Gasteiger partial charge in [-0.3, -0.25) is 4.79 Å². The van der Waals surface area contributed by atoms with E-state index in [0.717, 1.165) is 12.0 Å². The van der Waals surface area contributed by atoms with Crippen LogP contribution in [0.5, 0.6) is 0 Å². The average Bonchev–Trinajstić information content (AvgIpc) is 2.36. The highest BCUT2D eigenvalue weighted by Gasteiger charge is 2.22. The monoisotopic (exact) mass is 180 g/mol. The number of ketones is 1. The number of allylic oxidation sites excluding steroid dienone is 3. The quantitative estimate of drug-likeness (QED) is 0.624. The molecule has 0 aliphatic heterocycles. The maximum absolute atomic E-state index is 11.3. The minimum atomic E-state index is -0.00278. The van der Waals surface area contributed by atoms with Gasteiger partial charge in [0.1, 0.15) is 6.10 Å². The second-order valence-electron chi connectivity index (χ2n) is 3.38. The Morgan fingerprint density at radius 1 is 1.46 bits per heavy atom. The molecule has 0 radical (unpaired) electrons. The Morgan fingerprint density at radius 3 is 2.62 bits per heavy atom. The average molecular weight is 180 g/mol. The van der Waals surface area contributed by atoms with Gasteiger partial charge in [-0.2, -0.15) is 0 Å². The summed E-state index contributed by atoms with van der Waals surface area (Å²) < 4.78 is 5.52. The lowest BCUT2D eigenvalue weighted by molar-refractivity contribution is -0.118. The maximum Gasteiger partial charge on any atom is 0.197 e. The number of rotatable bonds is 3. The molecule has 0 saturated heterocycles. The lowest BCUT2D eigenvalue weighted by Gasteiger charge is -2.11. The van der Waals surface area contributed by atoms with Crippen molar-refractivity contribution in [3.63, 3.8) is 0 Å². The van der Waals surface area contributed by atoms with Crippen LogP contribution in [-0.2, 0) is 9.53 Å². The van der Waals surface area contributed by atoms with E-state index >= 15 is 0 Å². The van der Waals surface area contributed by atoms with E-state index in [1.54, 1.807) is 0 Å². The van der Waals surface area contributed by atoms with Gasteiger partial charge in [0, 0.05) is 6.42 Å². The largest absolute Gasteiger partial charge is 0.483 e. The van der Waals surface area contributed by atoms with Crippen molar-refractivity contribution in [1.29, 1.82) is 0 Å². The molecule has 0 aromatic heterocycles. The fraction of sp³-hybridized carbons (Fsp3) is 0.545. The highest BCUT2D eigenvalue weighted by molar-refractivity contribution is 5.96. The summed E-state index contributed by atoms with van der Waals surface area (Å²) in [5, 5.41) is 0. The number of ether oxygens (including phenoxy) is 1. The summed E-state index contributed by atoms with van der Waals surface area (Å²) in [6.45, 7) is 5.84. The lowest BCUT2D eigenvalue weighted by Crippen LogP contribution is -2.09. The van der Waals surface area contributed by atoms with E-state index in [1.165, 1.54) is 0 Å². The van der Waals surface area contributed by atoms with E-state index in [0.29, 0.717) is 12.2 Å². The number of carbonyl (C=O) groups excluding carboxylic acids is 1. The predicted molar refractivity (Wildman–Crippen MR) is 52.3 cm³/mol. The van der Waals surface area contributed by atoms with Crippen LogP contribution in [0.4, 0.5) is 0 Å². The van der Waals surface area contributed by atoms with Crippen molar-refractivity contribution in [2.75, 3.05) is 0 Å². The van der Waals surface area contributed by atoms with Crippen molar-refractivity contribution in [2.45, 2.75) is 39.7 Å². The van der Waals surface area contributed by atoms with Crippen molar-refractivity contribution in [3.8, 4) is 0 Å². The van der Waals surface area contributed by atoms with Crippen LogP contribution in [0, 0.1) is 0 Å². The minimum absolute atomic E-state index is 0.00278. The third-order valence-corrected chi connectivity index (χ3v) is 2.14. The first-order valence-corrected chi connectivity index (χ1v) is 4.67. The predicted octanol–water partition coefficient (Wildman–Crippen LogP) is 2.60. The number of carbonyl (C=O) groups is 1. The molecular formula is C11H16O2. The molecule has 0 bridgehead atoms. The molecular weight excluding hydrogens is 164 g/mol. The fourth-order valence-electron chi connectivity index (χ4n) is 1.43. The molecule has 0 spiro atoms. The molecule has 0 aromatic rings. The summed E-state index contributed by atoms with van der Waals surface area (Å²) in [5.41, 5.74) is 1.08. The van der Waals surface area contributed by atoms with Crippen molar-refractivity contribution >= 4 is 5.78 Å². The fourth-order valence-corrected chi connectivity index (χ4v) is 1.43. The van der Waals surface area contributed by atoms with E-state index < -0.39 is 0 Å². The smallest absolute Gasteiger partial charge is 0.197 e. The molecule has 0 fully saturated rings. The molecule has 0 N–H and O–H groups in total. The van der Waals surface area contributed by atoms with Crippen LogP contribution < -0.4 is 0 Å². The molecule has 1 aliphatic rings. The van der Waals surface area contributed by atoms with Gasteiger partial charge in [0.05, 0.1) is 0 Å². The summed E-state index contributed by atoms with van der Waals surface area (Å²) in [5.74, 6) is 0.736. The number of hydrogen-bond donors (Lipinski definition) is 0. The van der Waals surface area contributed by atoms with Gasteiger partial charge in [0.15, 0.2) is 11.5 Å². The SMILES string of the molecule is C/C=C/[C@@H](C)OC1=C(C)CCC1=O. The maximum atomic E-state index is 11.3. The van der Waals surface area contributed by atoms with E-state index in [-0.39, 0.29) is 11.9 Å². The summed E-state index contributed by atoms with van der Waals surface area (Å²) >= 11 is 0. The van der Waals surface area contributed by atoms with Gasteiger partial charge in [-0.1, -0.05) is 6.08 Å². The highest BCUT2D eigenvalue weighted by Crippen LogP contribution is 2.24. The van der Waals surface area contributed by atoms with Gasteiger partial charge in [0.25, 0.3) is 0 Å². The third kappa shape index (κ3) is 2.44. The molecule has 0 heterocycles. The second-order valence-corrected chi connectivity index (χ2v) is 3.38. The van der Waals surface area contributed by atoms with Crippen LogP contribution in [0.3, 0.4) is 0 Å². The van der Waals surface area contributed by atoms with Gasteiger partial charge in [-0.05, 0) is 38.8 Å². The second kappa shape index (κ2) is 4.26. The summed E-state index contributed by atoms with van der Waals surface area (Å²) in [4.78, 5) is 11.3. The molecule has 2 heteroatoms. The summed E-state index contributed by atoms with van der Waals surface area (Å²) in [6, 6.07) is 0. The topological polar surface area (TPSA) is 26.3 Å². The van der Waals surface area contributed by atoms with Crippen LogP contribution >= 0.6 is 0 Å². The zero-order valence-electron chi connectivity index (χ0n) is 8.46. The standard InChI is InChI=1S/C11H16O2/c1-4-5-9(3)13-11-8(2)6-7-10(11)12/h4-5,9H,6-7H2,1-3H3/b5-4+/t9-/m1/s1. The molecule has 13 heavy (non-hydrogen) atoms. The van der Waals surface area contributed by atoms with Crippen LogP contribution in [0.25, 0.3) is 0 Å². The van der Waals surface area contributed by atoms with Crippen LogP contribution in [0.2, 0.25) is 0 Å². The van der Waals surface area contributed by atoms with E-state index in [9.17, 15) is 4.79 Å². The number of hydrogen-bond acceptors (Lipinski definition) is 2. The molecule has 0 unspecified atom stereocenters. The van der Waals surface area contributed by atoms with Gasteiger partial charge in [-0.25, -0.2) is 0 Å². The lowest BCUT2D eigenvalue weighted by atomic mass is 10.3. The van der Waals surface area contributed by atoms with Crippen LogP contribution in [-0.4, -0.2) is 11.9 Å². The molecule has 72 valence electrons. The Hall–Kier alpha value is -1.05. The molecule has 1 atom stereocenters. The molecule has 0 saturated carbocycles. The molecule has 0 amide bonds. The van der Waals surface area contributed by atoms with Gasteiger partial charge >= 0.3 is 0 Å². The molecule has 0 aromatic carbocycles. The molecule has 1 aliphatic carbocycles. The van der Waals surface area contributed by atoms with Crippen LogP contribution in [0.1, 0.15) is 33.6 Å². The van der Waals surface area contributed by atoms with Crippen molar-refractivity contribution < 1.29 is 9.53 Å². The Kier molecular flexibility index (Phi) is 3.29. The van der Waals surface area contributed by atoms with Crippen molar-refractivity contribution in [1.82, 2.24) is 0 Å². The summed E-state index contributed by atoms with van der Waals surface area (Å²) in [7, 11) is 0. The van der Waals surface area contributed by atoms with Crippen molar-refractivity contribution in [3.05, 3.63) is 23.5 Å². The molecule has 2 nitrogen and oxygen atoms in total. The third-order valence-electron chi connectivity index (χ3n) is 2.14. The van der Waals surface area contributed by atoms with Crippen molar-refractivity contribution in [2.24, 2.45) is 0 Å². The van der Waals surface area contributed by atoms with E-state index in [1.807, 2.05) is 32.9 Å². The van der Waals surface area contributed by atoms with Crippen LogP contribution in [0.15, 0.2) is 23.5 Å². The minimum Gasteiger partial charge on any atom is -0.483 e. The Bertz CT molecular complexity index is 261. The first-order valence-electron chi connectivity index (χ1n) is 4.67. The highest BCUT2D eigenvalue weighted by atomic mass is 16.5. The Labute approximate surface area is 79.3 Å². The number of Topliss-reactive ketones (excluding diaryl/α,β-unsaturated/α-hetero) is 1. The zero-order valence-corrected chi connectivity index (χ0v) is 8.46. The van der Waals surface area contributed by atoms with Gasteiger partial charge in [-0.15, -0.1) is 0 Å². The van der Waals surface area contributed by atoms with E-state index in [4.69, 9.17) is 4.74 Å². The summed E-state index contributed by atoms with van der Waals surface area (Å²) in [6.07, 6.45) is 5.34. The normalized spacial score (nSPS) is 20.1. The first kappa shape index (κ1) is 10.0.